The first-order chi connectivity index (χ1) is 13.8. The van der Waals surface area contributed by atoms with Gasteiger partial charge in [-0.2, -0.15) is 9.78 Å². The summed E-state index contributed by atoms with van der Waals surface area (Å²) in [6, 6.07) is 8.27. The Morgan fingerprint density at radius 2 is 1.89 bits per heavy atom. The van der Waals surface area contributed by atoms with Gasteiger partial charge in [-0.15, -0.1) is 0 Å². The lowest BCUT2D eigenvalue weighted by Crippen LogP contribution is -2.35. The van der Waals surface area contributed by atoms with Crippen LogP contribution in [0.3, 0.4) is 0 Å². The Morgan fingerprint density at radius 1 is 1.14 bits per heavy atom. The number of aryl methyl sites for hydroxylation is 1. The van der Waals surface area contributed by atoms with Gasteiger partial charge < -0.3 is 10.2 Å². The van der Waals surface area contributed by atoms with Gasteiger partial charge in [0.25, 0.3) is 0 Å². The lowest BCUT2D eigenvalue weighted by atomic mass is 9.96. The molecule has 0 spiro atoms. The van der Waals surface area contributed by atoms with E-state index in [9.17, 15) is 0 Å². The van der Waals surface area contributed by atoms with Gasteiger partial charge >= 0.3 is 0 Å². The monoisotopic (exact) mass is 384 g/mol. The first-order valence-electron chi connectivity index (χ1n) is 10.6. The van der Waals surface area contributed by atoms with Crippen molar-refractivity contribution in [3.8, 4) is 0 Å². The quantitative estimate of drug-likeness (QED) is 0.832. The van der Waals surface area contributed by atoms with E-state index in [1.165, 1.54) is 31.3 Å². The SMILES string of the molecule is C1CCNC1.CCc1nn(C2=NC(C3CCN(C)CC3)ON2)c2ccccc12. The van der Waals surface area contributed by atoms with Gasteiger partial charge in [-0.3, -0.25) is 0 Å². The molecule has 2 saturated heterocycles. The molecule has 7 nitrogen and oxygen atoms in total. The average Bonchev–Trinajstić information content (AvgIpc) is 3.49. The summed E-state index contributed by atoms with van der Waals surface area (Å²) in [5, 5.41) is 9.12. The number of aromatic nitrogens is 2. The van der Waals surface area contributed by atoms with Crippen molar-refractivity contribution in [2.45, 2.75) is 45.3 Å². The van der Waals surface area contributed by atoms with E-state index in [1.807, 2.05) is 10.7 Å². The number of benzene rings is 1. The van der Waals surface area contributed by atoms with Crippen molar-refractivity contribution < 1.29 is 4.84 Å². The molecule has 1 aromatic heterocycles. The molecular weight excluding hydrogens is 352 g/mol. The summed E-state index contributed by atoms with van der Waals surface area (Å²) in [6.45, 7) is 6.85. The third kappa shape index (κ3) is 4.21. The molecule has 1 atom stereocenters. The molecule has 0 aliphatic carbocycles. The molecule has 0 amide bonds. The Hall–Kier alpha value is -1.96. The molecule has 0 saturated carbocycles. The molecule has 2 fully saturated rings. The number of hydroxylamine groups is 1. The summed E-state index contributed by atoms with van der Waals surface area (Å²) in [6.07, 6.45) is 5.83. The number of nitrogens with zero attached hydrogens (tertiary/aromatic N) is 4. The molecule has 2 N–H and O–H groups in total. The summed E-state index contributed by atoms with van der Waals surface area (Å²) in [7, 11) is 2.17. The zero-order valence-corrected chi connectivity index (χ0v) is 17.0. The molecule has 3 aliphatic heterocycles. The second-order valence-corrected chi connectivity index (χ2v) is 7.89. The lowest BCUT2D eigenvalue weighted by molar-refractivity contribution is -0.0162. The van der Waals surface area contributed by atoms with Crippen LogP contribution < -0.4 is 10.8 Å². The van der Waals surface area contributed by atoms with E-state index < -0.39 is 0 Å². The van der Waals surface area contributed by atoms with Gasteiger partial charge in [0.05, 0.1) is 11.2 Å². The van der Waals surface area contributed by atoms with E-state index in [4.69, 9.17) is 14.9 Å². The fourth-order valence-corrected chi connectivity index (χ4v) is 4.08. The van der Waals surface area contributed by atoms with Crippen LogP contribution in [-0.2, 0) is 11.3 Å². The van der Waals surface area contributed by atoms with Gasteiger partial charge in [-0.05, 0) is 71.4 Å². The third-order valence-electron chi connectivity index (χ3n) is 5.84. The molecule has 0 bridgehead atoms. The summed E-state index contributed by atoms with van der Waals surface area (Å²) in [5.74, 6) is 1.17. The van der Waals surface area contributed by atoms with E-state index in [1.54, 1.807) is 0 Å². The van der Waals surface area contributed by atoms with Crippen molar-refractivity contribution in [1.82, 2.24) is 25.5 Å². The molecule has 4 heterocycles. The molecule has 1 aromatic carbocycles. The number of hydrogen-bond donors (Lipinski definition) is 2. The zero-order valence-electron chi connectivity index (χ0n) is 17.0. The van der Waals surface area contributed by atoms with Gasteiger partial charge in [0.15, 0.2) is 6.23 Å². The van der Waals surface area contributed by atoms with Crippen molar-refractivity contribution in [1.29, 1.82) is 0 Å². The van der Waals surface area contributed by atoms with Gasteiger partial charge in [-0.1, -0.05) is 25.1 Å². The van der Waals surface area contributed by atoms with Crippen LogP contribution in [0.5, 0.6) is 0 Å². The molecule has 2 aromatic rings. The maximum atomic E-state index is 5.75. The van der Waals surface area contributed by atoms with E-state index in [0.29, 0.717) is 11.9 Å². The molecular formula is C21H32N6O. The first-order valence-corrected chi connectivity index (χ1v) is 10.6. The predicted octanol–water partition coefficient (Wildman–Crippen LogP) is 2.38. The largest absolute Gasteiger partial charge is 0.317 e. The highest BCUT2D eigenvalue weighted by Crippen LogP contribution is 2.25. The minimum atomic E-state index is -0.105. The van der Waals surface area contributed by atoms with Crippen molar-refractivity contribution >= 4 is 16.9 Å². The highest BCUT2D eigenvalue weighted by molar-refractivity contribution is 5.93. The molecule has 1 unspecified atom stereocenters. The smallest absolute Gasteiger partial charge is 0.246 e. The highest BCUT2D eigenvalue weighted by Gasteiger charge is 2.31. The Kier molecular flexibility index (Phi) is 6.24. The van der Waals surface area contributed by atoms with Crippen LogP contribution in [0.15, 0.2) is 29.3 Å². The van der Waals surface area contributed by atoms with Crippen LogP contribution in [-0.4, -0.2) is 60.1 Å². The molecule has 7 heteroatoms. The number of fused-ring (bicyclic) bond motifs is 1. The highest BCUT2D eigenvalue weighted by atomic mass is 16.7. The maximum absolute atomic E-state index is 5.75. The van der Waals surface area contributed by atoms with E-state index >= 15 is 0 Å². The molecule has 3 aliphatic rings. The van der Waals surface area contributed by atoms with Crippen molar-refractivity contribution in [2.24, 2.45) is 10.9 Å². The normalized spacial score (nSPS) is 23.4. The van der Waals surface area contributed by atoms with E-state index in [-0.39, 0.29) is 6.23 Å². The molecule has 152 valence electrons. The predicted molar refractivity (Wildman–Crippen MR) is 112 cm³/mol. The van der Waals surface area contributed by atoms with Crippen LogP contribution in [0.2, 0.25) is 0 Å². The van der Waals surface area contributed by atoms with E-state index in [2.05, 4.69) is 47.9 Å². The number of para-hydroxylation sites is 1. The maximum Gasteiger partial charge on any atom is 0.246 e. The van der Waals surface area contributed by atoms with Crippen LogP contribution in [0.1, 0.15) is 38.3 Å². The number of nitrogens with one attached hydrogen (secondary N) is 2. The minimum Gasteiger partial charge on any atom is -0.317 e. The Bertz CT molecular complexity index is 797. The fraction of sp³-hybridized carbons (Fsp3) is 0.619. The number of aliphatic imine (C=N–C) groups is 1. The van der Waals surface area contributed by atoms with Crippen molar-refractivity contribution in [3.63, 3.8) is 0 Å². The Balaban J connectivity index is 0.000000336. The summed E-state index contributed by atoms with van der Waals surface area (Å²) < 4.78 is 1.88. The van der Waals surface area contributed by atoms with Crippen LogP contribution >= 0.6 is 0 Å². The zero-order chi connectivity index (χ0) is 19.3. The number of piperidine rings is 1. The van der Waals surface area contributed by atoms with Gasteiger partial charge in [-0.25, -0.2) is 15.3 Å². The fourth-order valence-electron chi connectivity index (χ4n) is 4.08. The minimum absolute atomic E-state index is 0.105. The molecule has 5 rings (SSSR count). The van der Waals surface area contributed by atoms with Crippen LogP contribution in [0, 0.1) is 5.92 Å². The number of rotatable bonds is 2. The number of hydrogen-bond acceptors (Lipinski definition) is 6. The van der Waals surface area contributed by atoms with E-state index in [0.717, 1.165) is 43.6 Å². The van der Waals surface area contributed by atoms with Crippen LogP contribution in [0.4, 0.5) is 0 Å². The summed E-state index contributed by atoms with van der Waals surface area (Å²) >= 11 is 0. The summed E-state index contributed by atoms with van der Waals surface area (Å²) in [5.41, 5.74) is 5.16. The topological polar surface area (TPSA) is 66.7 Å². The molecule has 0 radical (unpaired) electrons. The van der Waals surface area contributed by atoms with Gasteiger partial charge in [0, 0.05) is 11.3 Å². The summed E-state index contributed by atoms with van der Waals surface area (Å²) in [4.78, 5) is 12.9. The second-order valence-electron chi connectivity index (χ2n) is 7.89. The van der Waals surface area contributed by atoms with Gasteiger partial charge in [0.1, 0.15) is 0 Å². The molecule has 28 heavy (non-hydrogen) atoms. The average molecular weight is 385 g/mol. The standard InChI is InChI=1S/C17H23N5O.C4H9N/c1-3-14-13-6-4-5-7-15(13)22(19-14)17-18-16(23-20-17)12-8-10-21(2)11-9-12;1-2-4-5-3-1/h4-7,12,16H,3,8-11H2,1-2H3,(H,18,20);5H,1-4H2. The number of likely N-dealkylation sites (tertiary alicyclic amines) is 1. The Morgan fingerprint density at radius 3 is 2.57 bits per heavy atom. The van der Waals surface area contributed by atoms with Crippen molar-refractivity contribution in [3.05, 3.63) is 30.0 Å². The van der Waals surface area contributed by atoms with Crippen LogP contribution in [0.25, 0.3) is 10.9 Å². The Labute approximate surface area is 167 Å². The van der Waals surface area contributed by atoms with Crippen molar-refractivity contribution in [2.75, 3.05) is 33.2 Å². The third-order valence-corrected chi connectivity index (χ3v) is 5.84. The first kappa shape index (κ1) is 19.4. The lowest BCUT2D eigenvalue weighted by Gasteiger charge is -2.30. The second kappa shape index (κ2) is 9.03. The van der Waals surface area contributed by atoms with Gasteiger partial charge in [0.2, 0.25) is 5.96 Å².